The van der Waals surface area contributed by atoms with E-state index in [-0.39, 0.29) is 36.4 Å². The molecule has 360 valence electrons. The van der Waals surface area contributed by atoms with E-state index in [2.05, 4.69) is 25.3 Å². The number of alkyl halides is 3. The van der Waals surface area contributed by atoms with Gasteiger partial charge in [0.2, 0.25) is 45.1 Å². The van der Waals surface area contributed by atoms with Crippen LogP contribution in [0.5, 0.6) is 17.5 Å². The SMILES string of the molecule is COc1cc2c3c(nc(O[C@@H]4C[C@@H](C(N)=O)N(C(=O)[C@@H](NNC(=O)OC(C)(C)C(F)(F)F)[C@H](C)C[C@H](C)CC/C=C\[C@@H]5CCCC5C(=O)NS(=O)(=O)C5(C)CC5)C4)c2cc1F)OCCC3. The van der Waals surface area contributed by atoms with E-state index in [4.69, 9.17) is 19.9 Å². The zero-order valence-corrected chi connectivity index (χ0v) is 38.3. The number of aryl methyl sites for hydroxylation is 1. The number of allylic oxidation sites excluding steroid dienone is 2. The summed E-state index contributed by atoms with van der Waals surface area (Å²) in [6.07, 6.45) is 2.53. The normalized spacial score (nSPS) is 23.3. The lowest BCUT2D eigenvalue weighted by Crippen LogP contribution is -2.59. The van der Waals surface area contributed by atoms with Crippen molar-refractivity contribution in [2.75, 3.05) is 20.3 Å². The number of carbonyl (C=O) groups excluding carboxylic acids is 4. The predicted molar refractivity (Wildman–Crippen MR) is 229 cm³/mol. The third kappa shape index (κ3) is 11.2. The van der Waals surface area contributed by atoms with Crippen LogP contribution in [0.2, 0.25) is 0 Å². The fourth-order valence-electron chi connectivity index (χ4n) is 8.83. The summed E-state index contributed by atoms with van der Waals surface area (Å²) in [7, 11) is -2.41. The zero-order valence-electron chi connectivity index (χ0n) is 37.5. The van der Waals surface area contributed by atoms with Crippen molar-refractivity contribution in [2.45, 2.75) is 140 Å². The highest BCUT2D eigenvalue weighted by Crippen LogP contribution is 2.43. The largest absolute Gasteiger partial charge is 0.494 e. The van der Waals surface area contributed by atoms with Crippen molar-refractivity contribution in [1.82, 2.24) is 25.5 Å². The number of hydrogen-bond donors (Lipinski definition) is 4. The molecule has 6 rings (SSSR count). The van der Waals surface area contributed by atoms with Gasteiger partial charge in [0, 0.05) is 23.3 Å². The van der Waals surface area contributed by atoms with Crippen LogP contribution in [0.15, 0.2) is 24.3 Å². The lowest BCUT2D eigenvalue weighted by Gasteiger charge is -2.33. The number of nitrogens with zero attached hydrogens (tertiary/aromatic N) is 2. The standard InChI is InChI=1S/C44H60F4N6O10S/c1-24(11-7-8-12-26-13-9-14-28(26)37(56)53-65(59,60)43(5)16-17-43)19-25(2)35(51-52-41(58)64-42(3,4)44(46,47)48)40(57)54-23-27(20-33(54)36(49)55)63-39-31-21-32(45)34(61-6)22-30(31)29-15-10-18-62-38(29)50-39/h8,12,21-22,24-28,33,35,51H,7,9-11,13-20,23H2,1-6H3,(H2,49,55)(H,52,58)(H,53,56)/b12-8-/t24-,25-,26-,27-,28?,33+,35+/m1/s1. The van der Waals surface area contributed by atoms with Crippen LogP contribution in [0.1, 0.15) is 104 Å². The summed E-state index contributed by atoms with van der Waals surface area (Å²) in [5.41, 5.74) is 8.37. The zero-order chi connectivity index (χ0) is 47.6. The minimum absolute atomic E-state index is 0.00448. The number of hydrazine groups is 1. The number of primary amides is 1. The number of halogens is 4. The summed E-state index contributed by atoms with van der Waals surface area (Å²) in [6.45, 7) is 6.82. The topological polar surface area (TPSA) is 218 Å². The van der Waals surface area contributed by atoms with Crippen LogP contribution in [0, 0.1) is 29.5 Å². The maximum absolute atomic E-state index is 15.1. The average molecular weight is 941 g/mol. The quantitative estimate of drug-likeness (QED) is 0.0781. The van der Waals surface area contributed by atoms with Crippen LogP contribution in [-0.4, -0.2) is 97.1 Å². The van der Waals surface area contributed by atoms with E-state index in [0.717, 1.165) is 18.4 Å². The summed E-state index contributed by atoms with van der Waals surface area (Å²) in [5, 5.41) is 0.910. The number of nitrogens with one attached hydrogen (secondary N) is 3. The Kier molecular flexibility index (Phi) is 14.9. The highest BCUT2D eigenvalue weighted by molar-refractivity contribution is 7.91. The van der Waals surface area contributed by atoms with Gasteiger partial charge in [0.25, 0.3) is 0 Å². The summed E-state index contributed by atoms with van der Waals surface area (Å²) >= 11 is 0. The molecule has 1 aromatic heterocycles. The van der Waals surface area contributed by atoms with Gasteiger partial charge in [-0.1, -0.05) is 32.4 Å². The number of carbonyl (C=O) groups is 4. The Morgan fingerprint density at radius 3 is 2.49 bits per heavy atom. The van der Waals surface area contributed by atoms with Crippen molar-refractivity contribution in [1.29, 1.82) is 0 Å². The Balaban J connectivity index is 1.15. The highest BCUT2D eigenvalue weighted by Gasteiger charge is 2.52. The van der Waals surface area contributed by atoms with E-state index in [1.807, 2.05) is 19.1 Å². The highest BCUT2D eigenvalue weighted by atomic mass is 32.2. The van der Waals surface area contributed by atoms with Gasteiger partial charge in [0.05, 0.1) is 25.0 Å². The second-order valence-electron chi connectivity index (χ2n) is 18.7. The molecule has 0 spiro atoms. The van der Waals surface area contributed by atoms with Crippen molar-refractivity contribution >= 4 is 44.6 Å². The number of sulfonamides is 1. The Morgan fingerprint density at radius 2 is 1.83 bits per heavy atom. The number of methoxy groups -OCH3 is 1. The Morgan fingerprint density at radius 1 is 1.11 bits per heavy atom. The van der Waals surface area contributed by atoms with Gasteiger partial charge in [-0.05, 0) is 114 Å². The van der Waals surface area contributed by atoms with Crippen molar-refractivity contribution < 1.29 is 64.1 Å². The van der Waals surface area contributed by atoms with Crippen molar-refractivity contribution in [3.05, 3.63) is 35.7 Å². The maximum Gasteiger partial charge on any atom is 0.427 e. The van der Waals surface area contributed by atoms with E-state index >= 15 is 4.39 Å². The van der Waals surface area contributed by atoms with Crippen molar-refractivity contribution in [2.24, 2.45) is 29.4 Å². The molecule has 21 heteroatoms. The summed E-state index contributed by atoms with van der Waals surface area (Å²) in [4.78, 5) is 59.0. The number of ether oxygens (including phenoxy) is 4. The lowest BCUT2D eigenvalue weighted by molar-refractivity contribution is -0.244. The number of amides is 4. The average Bonchev–Trinajstić information content (AvgIpc) is 3.60. The molecule has 2 aromatic rings. The summed E-state index contributed by atoms with van der Waals surface area (Å²) in [5.74, 6) is -3.68. The number of pyridine rings is 1. The molecule has 2 aliphatic carbocycles. The monoisotopic (exact) mass is 940 g/mol. The molecule has 1 aromatic carbocycles. The van der Waals surface area contributed by atoms with Gasteiger partial charge in [0.15, 0.2) is 11.6 Å². The second-order valence-corrected chi connectivity index (χ2v) is 20.9. The molecule has 1 unspecified atom stereocenters. The Labute approximate surface area is 376 Å². The molecule has 3 heterocycles. The van der Waals surface area contributed by atoms with Crippen molar-refractivity contribution in [3.63, 3.8) is 0 Å². The van der Waals surface area contributed by atoms with Gasteiger partial charge in [-0.3, -0.25) is 24.5 Å². The third-order valence-electron chi connectivity index (χ3n) is 13.2. The van der Waals surface area contributed by atoms with Gasteiger partial charge >= 0.3 is 12.3 Å². The first kappa shape index (κ1) is 49.5. The number of aromatic nitrogens is 1. The molecule has 4 aliphatic rings. The van der Waals surface area contributed by atoms with Gasteiger partial charge in [-0.25, -0.2) is 23.0 Å². The number of rotatable bonds is 18. The maximum atomic E-state index is 15.1. The van der Waals surface area contributed by atoms with Crippen LogP contribution in [0.3, 0.4) is 0 Å². The smallest absolute Gasteiger partial charge is 0.427 e. The van der Waals surface area contributed by atoms with E-state index in [9.17, 15) is 40.8 Å². The Bertz CT molecular complexity index is 2270. The number of hydrogen-bond acceptors (Lipinski definition) is 12. The van der Waals surface area contributed by atoms with Crippen LogP contribution in [0.4, 0.5) is 22.4 Å². The van der Waals surface area contributed by atoms with Gasteiger partial charge in [-0.2, -0.15) is 18.2 Å². The molecule has 2 saturated carbocycles. The van der Waals surface area contributed by atoms with Gasteiger partial charge < -0.3 is 29.6 Å². The molecule has 16 nitrogen and oxygen atoms in total. The number of benzene rings is 1. The van der Waals surface area contributed by atoms with E-state index in [1.54, 1.807) is 13.8 Å². The first-order valence-electron chi connectivity index (χ1n) is 22.1. The van der Waals surface area contributed by atoms with Gasteiger partial charge in [0.1, 0.15) is 18.2 Å². The molecule has 1 saturated heterocycles. The fraction of sp³-hybridized carbons (Fsp3) is 0.659. The fourth-order valence-corrected chi connectivity index (χ4v) is 10.1. The molecule has 4 amide bonds. The molecule has 3 fully saturated rings. The van der Waals surface area contributed by atoms with E-state index in [0.29, 0.717) is 88.5 Å². The molecule has 5 N–H and O–H groups in total. The predicted octanol–water partition coefficient (Wildman–Crippen LogP) is 5.89. The first-order valence-corrected chi connectivity index (χ1v) is 23.6. The number of nitrogens with two attached hydrogens (primary N) is 1. The molecular formula is C44H60F4N6O10S. The minimum Gasteiger partial charge on any atom is -0.494 e. The molecule has 0 radical (unpaired) electrons. The Hall–Kier alpha value is -4.92. The summed E-state index contributed by atoms with van der Waals surface area (Å²) < 4.78 is 105. The molecule has 65 heavy (non-hydrogen) atoms. The number of fused-ring (bicyclic) bond motifs is 3. The lowest BCUT2D eigenvalue weighted by atomic mass is 9.88. The molecular weight excluding hydrogens is 881 g/mol. The van der Waals surface area contributed by atoms with Crippen LogP contribution >= 0.6 is 0 Å². The summed E-state index contributed by atoms with van der Waals surface area (Å²) in [6, 6.07) is 0.247. The third-order valence-corrected chi connectivity index (χ3v) is 15.4. The van der Waals surface area contributed by atoms with Crippen LogP contribution in [-0.2, 0) is 35.6 Å². The van der Waals surface area contributed by atoms with E-state index in [1.165, 1.54) is 24.1 Å². The molecule has 2 aliphatic heterocycles. The number of likely N-dealkylation sites (tertiary alicyclic amines) is 1. The molecule has 0 bridgehead atoms. The first-order chi connectivity index (χ1) is 30.4. The van der Waals surface area contributed by atoms with E-state index < -0.39 is 86.2 Å². The molecule has 7 atom stereocenters. The second kappa shape index (κ2) is 19.5. The van der Waals surface area contributed by atoms with Crippen LogP contribution < -0.4 is 35.5 Å². The van der Waals surface area contributed by atoms with Gasteiger partial charge in [-0.15, -0.1) is 0 Å². The minimum atomic E-state index is -4.90. The van der Waals surface area contributed by atoms with Crippen LogP contribution in [0.25, 0.3) is 10.8 Å². The van der Waals surface area contributed by atoms with Crippen molar-refractivity contribution in [3.8, 4) is 17.5 Å².